The van der Waals surface area contributed by atoms with E-state index >= 15 is 0 Å². The van der Waals surface area contributed by atoms with E-state index in [2.05, 4.69) is 5.32 Å². The summed E-state index contributed by atoms with van der Waals surface area (Å²) in [6.45, 7) is 0.127. The van der Waals surface area contributed by atoms with Crippen molar-refractivity contribution in [2.45, 2.75) is 6.54 Å². The Labute approximate surface area is 118 Å². The summed E-state index contributed by atoms with van der Waals surface area (Å²) in [6, 6.07) is 7.87. The maximum atomic E-state index is 13.5. The molecule has 0 unspecified atom stereocenters. The highest BCUT2D eigenvalue weighted by Gasteiger charge is 2.26. The molecule has 0 atom stereocenters. The Bertz CT molecular complexity index is 706. The first-order valence-corrected chi connectivity index (χ1v) is 6.25. The van der Waals surface area contributed by atoms with Crippen molar-refractivity contribution in [2.75, 3.05) is 10.2 Å². The van der Waals surface area contributed by atoms with E-state index in [0.29, 0.717) is 11.3 Å². The molecule has 102 valence electrons. The van der Waals surface area contributed by atoms with Crippen LogP contribution < -0.4 is 10.2 Å². The second kappa shape index (κ2) is 4.76. The van der Waals surface area contributed by atoms with Crippen LogP contribution in [0.4, 0.5) is 25.0 Å². The number of fused-ring (bicyclic) bond motifs is 1. The van der Waals surface area contributed by atoms with E-state index in [1.54, 1.807) is 0 Å². The quantitative estimate of drug-likeness (QED) is 0.841. The van der Waals surface area contributed by atoms with Crippen LogP contribution >= 0.6 is 11.6 Å². The van der Waals surface area contributed by atoms with Gasteiger partial charge in [0.25, 0.3) is 0 Å². The van der Waals surface area contributed by atoms with Gasteiger partial charge in [-0.2, -0.15) is 0 Å². The van der Waals surface area contributed by atoms with Crippen molar-refractivity contribution in [3.05, 3.63) is 58.6 Å². The van der Waals surface area contributed by atoms with Crippen molar-refractivity contribution in [1.82, 2.24) is 0 Å². The standard InChI is InChI=1S/C14H9ClF2N2O/c15-13-10(17)2-1-3-12(13)19-7-8-6-9(16)4-5-11(8)18-14(19)20/h1-6H,7H2,(H,18,20). The van der Waals surface area contributed by atoms with Gasteiger partial charge in [-0.25, -0.2) is 13.6 Å². The number of nitrogens with zero attached hydrogens (tertiary/aromatic N) is 1. The number of carbonyl (C=O) groups excluding carboxylic acids is 1. The van der Waals surface area contributed by atoms with Crippen molar-refractivity contribution in [3.63, 3.8) is 0 Å². The summed E-state index contributed by atoms with van der Waals surface area (Å²) in [5, 5.41) is 2.49. The van der Waals surface area contributed by atoms with Gasteiger partial charge in [-0.05, 0) is 35.9 Å². The van der Waals surface area contributed by atoms with E-state index in [9.17, 15) is 13.6 Å². The molecule has 1 heterocycles. The fraction of sp³-hybridized carbons (Fsp3) is 0.0714. The van der Waals surface area contributed by atoms with Gasteiger partial charge in [0.15, 0.2) is 0 Å². The number of nitrogens with one attached hydrogen (secondary N) is 1. The van der Waals surface area contributed by atoms with Crippen LogP contribution in [0.5, 0.6) is 0 Å². The Hall–Kier alpha value is -2.14. The molecule has 20 heavy (non-hydrogen) atoms. The zero-order valence-corrected chi connectivity index (χ0v) is 10.9. The van der Waals surface area contributed by atoms with Gasteiger partial charge in [0.05, 0.1) is 12.2 Å². The van der Waals surface area contributed by atoms with Crippen molar-refractivity contribution in [1.29, 1.82) is 0 Å². The average molecular weight is 295 g/mol. The topological polar surface area (TPSA) is 32.3 Å². The summed E-state index contributed by atoms with van der Waals surface area (Å²) in [5.74, 6) is -1.01. The molecule has 1 aliphatic rings. The summed E-state index contributed by atoms with van der Waals surface area (Å²) in [4.78, 5) is 13.3. The number of rotatable bonds is 1. The number of urea groups is 1. The SMILES string of the molecule is O=C1Nc2ccc(F)cc2CN1c1cccc(F)c1Cl. The summed E-state index contributed by atoms with van der Waals surface area (Å²) in [5.41, 5.74) is 1.39. The lowest BCUT2D eigenvalue weighted by Crippen LogP contribution is -2.39. The van der Waals surface area contributed by atoms with E-state index < -0.39 is 17.7 Å². The lowest BCUT2D eigenvalue weighted by atomic mass is 10.1. The minimum atomic E-state index is -0.609. The molecule has 2 aromatic rings. The Kier molecular flexibility index (Phi) is 3.06. The molecule has 1 aliphatic heterocycles. The van der Waals surface area contributed by atoms with Gasteiger partial charge in [0.2, 0.25) is 0 Å². The normalized spacial score (nSPS) is 13.9. The number of benzene rings is 2. The van der Waals surface area contributed by atoms with E-state index in [4.69, 9.17) is 11.6 Å². The number of amides is 2. The third-order valence-electron chi connectivity index (χ3n) is 3.10. The number of halogens is 3. The summed E-state index contributed by atoms with van der Waals surface area (Å²) < 4.78 is 26.7. The van der Waals surface area contributed by atoms with Crippen LogP contribution in [0.3, 0.4) is 0 Å². The molecular weight excluding hydrogens is 286 g/mol. The zero-order chi connectivity index (χ0) is 14.3. The van der Waals surface area contributed by atoms with Gasteiger partial charge in [0, 0.05) is 5.69 Å². The average Bonchev–Trinajstić information content (AvgIpc) is 2.42. The molecule has 0 radical (unpaired) electrons. The highest BCUT2D eigenvalue weighted by atomic mass is 35.5. The summed E-state index contributed by atoms with van der Waals surface area (Å²) in [7, 11) is 0. The molecule has 0 aromatic heterocycles. The molecule has 0 spiro atoms. The van der Waals surface area contributed by atoms with Crippen molar-refractivity contribution >= 4 is 29.0 Å². The predicted octanol–water partition coefficient (Wildman–Crippen LogP) is 4.17. The van der Waals surface area contributed by atoms with Gasteiger partial charge in [-0.3, -0.25) is 4.90 Å². The lowest BCUT2D eigenvalue weighted by molar-refractivity contribution is 0.256. The van der Waals surface area contributed by atoms with Gasteiger partial charge in [-0.1, -0.05) is 17.7 Å². The maximum Gasteiger partial charge on any atom is 0.326 e. The first-order valence-electron chi connectivity index (χ1n) is 5.87. The predicted molar refractivity (Wildman–Crippen MR) is 73.0 cm³/mol. The number of anilines is 2. The Morgan fingerprint density at radius 3 is 2.80 bits per heavy atom. The smallest absolute Gasteiger partial charge is 0.307 e. The molecule has 0 fully saturated rings. The van der Waals surface area contributed by atoms with Crippen LogP contribution in [-0.2, 0) is 6.54 Å². The number of hydrogen-bond donors (Lipinski definition) is 1. The molecular formula is C14H9ClF2N2O. The minimum Gasteiger partial charge on any atom is -0.307 e. The highest BCUT2D eigenvalue weighted by molar-refractivity contribution is 6.34. The molecule has 6 heteroatoms. The van der Waals surface area contributed by atoms with Crippen LogP contribution in [0.1, 0.15) is 5.56 Å². The second-order valence-electron chi connectivity index (χ2n) is 4.39. The molecule has 2 amide bonds. The fourth-order valence-corrected chi connectivity index (χ4v) is 2.36. The minimum absolute atomic E-state index is 0.127. The van der Waals surface area contributed by atoms with Crippen LogP contribution in [0.2, 0.25) is 5.02 Å². The monoisotopic (exact) mass is 294 g/mol. The summed E-state index contributed by atoms with van der Waals surface area (Å²) in [6.07, 6.45) is 0. The molecule has 0 bridgehead atoms. The van der Waals surface area contributed by atoms with Crippen molar-refractivity contribution in [3.8, 4) is 0 Å². The van der Waals surface area contributed by atoms with Crippen molar-refractivity contribution in [2.24, 2.45) is 0 Å². The first-order chi connectivity index (χ1) is 9.56. The van der Waals surface area contributed by atoms with Crippen LogP contribution in [-0.4, -0.2) is 6.03 Å². The van der Waals surface area contributed by atoms with Gasteiger partial charge < -0.3 is 5.32 Å². The van der Waals surface area contributed by atoms with Crippen LogP contribution in [0.15, 0.2) is 36.4 Å². The molecule has 3 nitrogen and oxygen atoms in total. The van der Waals surface area contributed by atoms with Crippen LogP contribution in [0.25, 0.3) is 0 Å². The first kappa shape index (κ1) is 12.9. The van der Waals surface area contributed by atoms with E-state index in [1.165, 1.54) is 41.3 Å². The molecule has 3 rings (SSSR count). The Morgan fingerprint density at radius 2 is 2.00 bits per heavy atom. The van der Waals surface area contributed by atoms with E-state index in [0.717, 1.165) is 0 Å². The largest absolute Gasteiger partial charge is 0.326 e. The second-order valence-corrected chi connectivity index (χ2v) is 4.77. The van der Waals surface area contributed by atoms with Gasteiger partial charge in [0.1, 0.15) is 16.7 Å². The van der Waals surface area contributed by atoms with E-state index in [-0.39, 0.29) is 17.3 Å². The molecule has 2 aromatic carbocycles. The lowest BCUT2D eigenvalue weighted by Gasteiger charge is -2.30. The van der Waals surface area contributed by atoms with Crippen molar-refractivity contribution < 1.29 is 13.6 Å². The molecule has 0 aliphatic carbocycles. The number of hydrogen-bond acceptors (Lipinski definition) is 1. The highest BCUT2D eigenvalue weighted by Crippen LogP contribution is 2.33. The van der Waals surface area contributed by atoms with E-state index in [1.807, 2.05) is 0 Å². The molecule has 0 saturated heterocycles. The summed E-state index contributed by atoms with van der Waals surface area (Å²) >= 11 is 5.88. The Morgan fingerprint density at radius 1 is 1.20 bits per heavy atom. The number of carbonyl (C=O) groups is 1. The zero-order valence-electron chi connectivity index (χ0n) is 10.2. The fourth-order valence-electron chi connectivity index (χ4n) is 2.14. The van der Waals surface area contributed by atoms with Gasteiger partial charge in [-0.15, -0.1) is 0 Å². The third kappa shape index (κ3) is 2.10. The molecule has 1 N–H and O–H groups in total. The maximum absolute atomic E-state index is 13.5. The Balaban J connectivity index is 2.04. The van der Waals surface area contributed by atoms with Gasteiger partial charge >= 0.3 is 6.03 Å². The van der Waals surface area contributed by atoms with Crippen LogP contribution in [0, 0.1) is 11.6 Å². The molecule has 0 saturated carbocycles. The third-order valence-corrected chi connectivity index (χ3v) is 3.48.